The highest BCUT2D eigenvalue weighted by Crippen LogP contribution is 2.46. The van der Waals surface area contributed by atoms with E-state index in [1.54, 1.807) is 43.6 Å². The van der Waals surface area contributed by atoms with Gasteiger partial charge in [-0.05, 0) is 84.8 Å². The summed E-state index contributed by atoms with van der Waals surface area (Å²) >= 11 is 0. The Hall–Kier alpha value is -4.81. The van der Waals surface area contributed by atoms with Gasteiger partial charge in [-0.3, -0.25) is 9.59 Å². The molecule has 0 radical (unpaired) electrons. The van der Waals surface area contributed by atoms with Gasteiger partial charge in [0.05, 0.1) is 12.1 Å². The van der Waals surface area contributed by atoms with Crippen molar-refractivity contribution in [2.45, 2.75) is 83.4 Å². The lowest BCUT2D eigenvalue weighted by Gasteiger charge is -2.38. The van der Waals surface area contributed by atoms with E-state index in [1.165, 1.54) is 8.87 Å². The molecule has 2 atom stereocenters. The molecule has 11 nitrogen and oxygen atoms in total. The van der Waals surface area contributed by atoms with Crippen LogP contribution in [0.4, 0.5) is 0 Å². The lowest BCUT2D eigenvalue weighted by atomic mass is 9.65. The van der Waals surface area contributed by atoms with Crippen LogP contribution in [0.15, 0.2) is 76.6 Å². The number of hydrogen-bond acceptors (Lipinski definition) is 7. The smallest absolute Gasteiger partial charge is 0.263 e. The average molecular weight is 697 g/mol. The highest BCUT2D eigenvalue weighted by Gasteiger charge is 2.40. The van der Waals surface area contributed by atoms with Gasteiger partial charge in [-0.25, -0.2) is 13.1 Å². The van der Waals surface area contributed by atoms with Gasteiger partial charge in [0, 0.05) is 37.7 Å². The Morgan fingerprint density at radius 1 is 1.08 bits per heavy atom. The number of fused-ring (bicyclic) bond motifs is 2. The van der Waals surface area contributed by atoms with Crippen LogP contribution in [-0.2, 0) is 35.6 Å². The first-order valence-electron chi connectivity index (χ1n) is 16.9. The maximum absolute atomic E-state index is 14.1. The van der Waals surface area contributed by atoms with Crippen molar-refractivity contribution in [3.63, 3.8) is 0 Å². The van der Waals surface area contributed by atoms with Crippen molar-refractivity contribution < 1.29 is 17.9 Å². The first kappa shape index (κ1) is 35.0. The number of aromatic nitrogens is 4. The number of ether oxygens (including phenoxy) is 1. The van der Waals surface area contributed by atoms with Gasteiger partial charge in [-0.1, -0.05) is 62.4 Å². The maximum atomic E-state index is 14.1. The Bertz CT molecular complexity index is 2290. The topological polar surface area (TPSA) is 142 Å². The van der Waals surface area contributed by atoms with E-state index in [0.29, 0.717) is 24.3 Å². The van der Waals surface area contributed by atoms with Crippen molar-refractivity contribution in [1.82, 2.24) is 23.9 Å². The molecule has 3 aromatic carbocycles. The van der Waals surface area contributed by atoms with Crippen molar-refractivity contribution in [2.24, 2.45) is 12.8 Å². The van der Waals surface area contributed by atoms with Gasteiger partial charge < -0.3 is 15.0 Å². The summed E-state index contributed by atoms with van der Waals surface area (Å²) in [6, 6.07) is 18.7. The van der Waals surface area contributed by atoms with Crippen LogP contribution < -0.4 is 16.0 Å². The molecule has 1 aliphatic rings. The number of primary amides is 1. The van der Waals surface area contributed by atoms with E-state index in [2.05, 4.69) is 16.4 Å². The van der Waals surface area contributed by atoms with E-state index >= 15 is 0 Å². The van der Waals surface area contributed by atoms with Crippen LogP contribution in [0, 0.1) is 13.8 Å². The minimum Gasteiger partial charge on any atom is -0.488 e. The molecule has 12 heteroatoms. The minimum absolute atomic E-state index is 0.0621. The number of carbonyl (C=O) groups is 1. The van der Waals surface area contributed by atoms with Crippen LogP contribution in [0.3, 0.4) is 0 Å². The van der Waals surface area contributed by atoms with Crippen LogP contribution in [0.2, 0.25) is 0 Å². The number of aryl methyl sites for hydroxylation is 4. The average Bonchev–Trinajstić information content (AvgIpc) is 3.47. The fourth-order valence-electron chi connectivity index (χ4n) is 7.31. The summed E-state index contributed by atoms with van der Waals surface area (Å²) in [5.41, 5.74) is 11.2. The molecular formula is C38H44N6O5S. The van der Waals surface area contributed by atoms with E-state index in [9.17, 15) is 18.0 Å². The summed E-state index contributed by atoms with van der Waals surface area (Å²) in [6.45, 7) is 13.0. The molecule has 0 saturated carbocycles. The van der Waals surface area contributed by atoms with Gasteiger partial charge in [0.25, 0.3) is 11.5 Å². The van der Waals surface area contributed by atoms with Crippen molar-refractivity contribution in [3.8, 4) is 5.75 Å². The molecule has 262 valence electrons. The first-order chi connectivity index (χ1) is 23.7. The first-order valence-corrected chi connectivity index (χ1v) is 18.3. The molecule has 1 aliphatic heterocycles. The second-order valence-electron chi connectivity index (χ2n) is 13.7. The van der Waals surface area contributed by atoms with Crippen molar-refractivity contribution in [3.05, 3.63) is 116 Å². The summed E-state index contributed by atoms with van der Waals surface area (Å²) in [7, 11) is -2.30. The number of carbonyl (C=O) groups excluding carboxylic acids is 1. The van der Waals surface area contributed by atoms with E-state index < -0.39 is 32.8 Å². The summed E-state index contributed by atoms with van der Waals surface area (Å²) < 4.78 is 39.1. The predicted octanol–water partition coefficient (Wildman–Crippen LogP) is 5.34. The van der Waals surface area contributed by atoms with Crippen LogP contribution in [0.1, 0.15) is 83.8 Å². The molecule has 0 unspecified atom stereocenters. The Labute approximate surface area is 292 Å². The maximum Gasteiger partial charge on any atom is 0.263 e. The fourth-order valence-corrected chi connectivity index (χ4v) is 8.88. The molecule has 6 rings (SSSR count). The van der Waals surface area contributed by atoms with Crippen molar-refractivity contribution >= 4 is 27.0 Å². The standard InChI is InChI=1S/C38H44N6O5S/c1-8-27-22-43(50(47,48)32-13-11-10-12-31(32)49-27)21-26-20-25(15-14-23(26)3)34(28-16-17-30-35(24(28)4)40-41-44(30)9-2)38(5,6)29-18-19-42(7)37(46)33(29)36(39)45/h10-20,27,34H,8-9,21-22H2,1-7H3,(H2,39,45)/t27-,34-/m1/s1. The van der Waals surface area contributed by atoms with E-state index in [0.717, 1.165) is 38.9 Å². The van der Waals surface area contributed by atoms with Crippen molar-refractivity contribution in [1.29, 1.82) is 0 Å². The number of para-hydroxylation sites is 1. The third-order valence-corrected chi connectivity index (χ3v) is 12.1. The van der Waals surface area contributed by atoms with Gasteiger partial charge in [-0.2, -0.15) is 4.31 Å². The molecule has 0 saturated heterocycles. The molecule has 2 aromatic heterocycles. The van der Waals surface area contributed by atoms with Gasteiger partial charge >= 0.3 is 0 Å². The minimum atomic E-state index is -3.89. The van der Waals surface area contributed by atoms with Gasteiger partial charge in [0.1, 0.15) is 27.8 Å². The number of pyridine rings is 1. The lowest BCUT2D eigenvalue weighted by molar-refractivity contribution is 0.0995. The quantitative estimate of drug-likeness (QED) is 0.219. The zero-order valence-corrected chi connectivity index (χ0v) is 30.4. The van der Waals surface area contributed by atoms with E-state index in [-0.39, 0.29) is 29.7 Å². The number of nitrogens with two attached hydrogens (primary N) is 1. The Morgan fingerprint density at radius 3 is 2.52 bits per heavy atom. The summed E-state index contributed by atoms with van der Waals surface area (Å²) in [5, 5.41) is 8.88. The Kier molecular flexibility index (Phi) is 9.21. The zero-order valence-electron chi connectivity index (χ0n) is 29.6. The molecule has 2 N–H and O–H groups in total. The molecule has 0 aliphatic carbocycles. The van der Waals surface area contributed by atoms with Crippen molar-refractivity contribution in [2.75, 3.05) is 6.54 Å². The molecule has 0 fully saturated rings. The number of benzene rings is 3. The van der Waals surface area contributed by atoms with Gasteiger partial charge in [0.15, 0.2) is 0 Å². The van der Waals surface area contributed by atoms with Crippen LogP contribution in [0.25, 0.3) is 11.0 Å². The van der Waals surface area contributed by atoms with Gasteiger partial charge in [-0.15, -0.1) is 5.10 Å². The zero-order chi connectivity index (χ0) is 36.1. The summed E-state index contributed by atoms with van der Waals surface area (Å²) in [5.74, 6) is -0.856. The number of hydrogen-bond donors (Lipinski definition) is 1. The molecular weight excluding hydrogens is 653 g/mol. The number of sulfonamides is 1. The normalized spacial score (nSPS) is 16.8. The number of amides is 1. The third kappa shape index (κ3) is 5.90. The predicted molar refractivity (Wildman–Crippen MR) is 193 cm³/mol. The second-order valence-corrected chi connectivity index (χ2v) is 15.6. The third-order valence-electron chi connectivity index (χ3n) is 10.2. The molecule has 0 spiro atoms. The Morgan fingerprint density at radius 2 is 1.82 bits per heavy atom. The molecule has 0 bridgehead atoms. The van der Waals surface area contributed by atoms with Crippen LogP contribution >= 0.6 is 0 Å². The lowest BCUT2D eigenvalue weighted by Crippen LogP contribution is -2.37. The van der Waals surface area contributed by atoms with E-state index in [4.69, 9.17) is 10.5 Å². The summed E-state index contributed by atoms with van der Waals surface area (Å²) in [6.07, 6.45) is 1.97. The van der Waals surface area contributed by atoms with E-state index in [1.807, 2.05) is 70.5 Å². The SMILES string of the molecule is CC[C@@H]1CN(Cc2cc([C@H](c3ccc4c(nnn4CC)c3C)C(C)(C)c3ccn(C)c(=O)c3C(N)=O)ccc2C)S(=O)(=O)c2ccccc2O1. The second kappa shape index (κ2) is 13.1. The molecule has 3 heterocycles. The fraction of sp³-hybridized carbons (Fsp3) is 0.368. The van der Waals surface area contributed by atoms with Crippen LogP contribution in [0.5, 0.6) is 5.75 Å². The number of rotatable bonds is 9. The Balaban J connectivity index is 1.55. The molecule has 5 aromatic rings. The van der Waals surface area contributed by atoms with Crippen LogP contribution in [-0.4, -0.2) is 50.8 Å². The highest BCUT2D eigenvalue weighted by atomic mass is 32.2. The molecule has 50 heavy (non-hydrogen) atoms. The van der Waals surface area contributed by atoms with Gasteiger partial charge in [0.2, 0.25) is 10.0 Å². The number of nitrogens with zero attached hydrogens (tertiary/aromatic N) is 5. The molecule has 1 amide bonds. The summed E-state index contributed by atoms with van der Waals surface area (Å²) in [4.78, 5) is 26.4. The largest absolute Gasteiger partial charge is 0.488 e. The monoisotopic (exact) mass is 696 g/mol. The highest BCUT2D eigenvalue weighted by molar-refractivity contribution is 7.89.